The number of benzene rings is 2. The zero-order chi connectivity index (χ0) is 21.3. The molecule has 2 rings (SSSR count). The highest BCUT2D eigenvalue weighted by Crippen LogP contribution is 2.12. The van der Waals surface area contributed by atoms with Gasteiger partial charge in [0, 0.05) is 13.1 Å². The molecule has 0 radical (unpaired) electrons. The Morgan fingerprint density at radius 1 is 0.862 bits per heavy atom. The molecule has 154 valence electrons. The van der Waals surface area contributed by atoms with Crippen LogP contribution >= 0.6 is 0 Å². The van der Waals surface area contributed by atoms with Gasteiger partial charge in [-0.1, -0.05) is 60.7 Å². The smallest absolute Gasteiger partial charge is 0.375 e. The molecule has 5 heteroatoms. The maximum Gasteiger partial charge on any atom is 0.375 e. The van der Waals surface area contributed by atoms with Gasteiger partial charge < -0.3 is 9.64 Å². The van der Waals surface area contributed by atoms with Crippen molar-refractivity contribution in [2.24, 2.45) is 0 Å². The van der Waals surface area contributed by atoms with Crippen LogP contribution < -0.4 is 0 Å². The minimum atomic E-state index is -0.963. The summed E-state index contributed by atoms with van der Waals surface area (Å²) in [6, 6.07) is 19.7. The van der Waals surface area contributed by atoms with Crippen molar-refractivity contribution in [2.45, 2.75) is 52.2 Å². The molecule has 5 nitrogen and oxygen atoms in total. The Balaban J connectivity index is 2.00. The first-order chi connectivity index (χ1) is 13.7. The van der Waals surface area contributed by atoms with Gasteiger partial charge in [-0.3, -0.25) is 9.59 Å². The summed E-state index contributed by atoms with van der Waals surface area (Å²) < 4.78 is 5.08. The number of carbonyl (C=O) groups excluding carboxylic acids is 3. The number of aryl methyl sites for hydroxylation is 1. The van der Waals surface area contributed by atoms with Gasteiger partial charge >= 0.3 is 5.97 Å². The molecule has 0 aromatic heterocycles. The lowest BCUT2D eigenvalue weighted by atomic mass is 10.1. The monoisotopic (exact) mass is 395 g/mol. The van der Waals surface area contributed by atoms with Crippen LogP contribution in [0.25, 0.3) is 0 Å². The lowest BCUT2D eigenvalue weighted by Gasteiger charge is -2.23. The Kier molecular flexibility index (Phi) is 8.13. The topological polar surface area (TPSA) is 63.7 Å². The van der Waals surface area contributed by atoms with Crippen LogP contribution in [0.4, 0.5) is 0 Å². The quantitative estimate of drug-likeness (QED) is 0.366. The summed E-state index contributed by atoms with van der Waals surface area (Å²) in [4.78, 5) is 38.5. The van der Waals surface area contributed by atoms with E-state index in [9.17, 15) is 14.4 Å². The van der Waals surface area contributed by atoms with E-state index in [2.05, 4.69) is 12.1 Å². The average Bonchev–Trinajstić information content (AvgIpc) is 2.67. The molecule has 0 heterocycles. The van der Waals surface area contributed by atoms with Crippen molar-refractivity contribution in [1.82, 2.24) is 4.90 Å². The van der Waals surface area contributed by atoms with Gasteiger partial charge in [-0.25, -0.2) is 4.79 Å². The predicted molar refractivity (Wildman–Crippen MR) is 112 cm³/mol. The highest BCUT2D eigenvalue weighted by molar-refractivity contribution is 6.37. The van der Waals surface area contributed by atoms with E-state index >= 15 is 0 Å². The molecular weight excluding hydrogens is 366 g/mol. The van der Waals surface area contributed by atoms with Crippen molar-refractivity contribution in [2.75, 3.05) is 6.54 Å². The number of Topliss-reactive ketones (excluding diaryl/α,β-unsaturated/α-hetero) is 1. The van der Waals surface area contributed by atoms with Crippen molar-refractivity contribution < 1.29 is 19.1 Å². The highest BCUT2D eigenvalue weighted by Gasteiger charge is 2.26. The summed E-state index contributed by atoms with van der Waals surface area (Å²) in [5.41, 5.74) is 1.41. The van der Waals surface area contributed by atoms with Crippen LogP contribution in [-0.2, 0) is 32.1 Å². The highest BCUT2D eigenvalue weighted by atomic mass is 16.6. The average molecular weight is 395 g/mol. The van der Waals surface area contributed by atoms with Crippen LogP contribution in [0.3, 0.4) is 0 Å². The predicted octanol–water partition coefficient (Wildman–Crippen LogP) is 3.95. The molecule has 2 aromatic rings. The minimum absolute atomic E-state index is 0.363. The van der Waals surface area contributed by atoms with Crippen molar-refractivity contribution in [1.29, 1.82) is 0 Å². The van der Waals surface area contributed by atoms with Crippen LogP contribution in [0.2, 0.25) is 0 Å². The summed E-state index contributed by atoms with van der Waals surface area (Å²) in [5, 5.41) is 0. The molecule has 0 aliphatic heterocycles. The molecular formula is C24H29NO4. The van der Waals surface area contributed by atoms with Gasteiger partial charge in [0.15, 0.2) is 0 Å². The molecule has 0 fully saturated rings. The van der Waals surface area contributed by atoms with Gasteiger partial charge in [-0.15, -0.1) is 0 Å². The van der Waals surface area contributed by atoms with Crippen molar-refractivity contribution in [3.05, 3.63) is 71.8 Å². The van der Waals surface area contributed by atoms with Gasteiger partial charge in [-0.05, 0) is 44.7 Å². The molecule has 1 amide bonds. The fourth-order valence-electron chi connectivity index (χ4n) is 2.87. The largest absolute Gasteiger partial charge is 0.454 e. The van der Waals surface area contributed by atoms with Crippen LogP contribution in [0.5, 0.6) is 0 Å². The van der Waals surface area contributed by atoms with Crippen LogP contribution in [0.15, 0.2) is 60.7 Å². The van der Waals surface area contributed by atoms with Crippen molar-refractivity contribution in [3.63, 3.8) is 0 Å². The number of esters is 1. The van der Waals surface area contributed by atoms with Gasteiger partial charge in [-0.2, -0.15) is 0 Å². The second-order valence-electron chi connectivity index (χ2n) is 7.99. The molecule has 0 atom stereocenters. The number of ether oxygens (including phenoxy) is 1. The second kappa shape index (κ2) is 10.6. The first-order valence-corrected chi connectivity index (χ1v) is 9.86. The Bertz CT molecular complexity index is 810. The Hall–Kier alpha value is -2.95. The summed E-state index contributed by atoms with van der Waals surface area (Å²) >= 11 is 0. The minimum Gasteiger partial charge on any atom is -0.454 e. The van der Waals surface area contributed by atoms with E-state index in [4.69, 9.17) is 4.74 Å². The number of hydrogen-bond donors (Lipinski definition) is 0. The SMILES string of the molecule is CC(C)(C)OC(=O)C(=O)CC(=O)N(CCCc1ccccc1)Cc1ccccc1. The van der Waals surface area contributed by atoms with Crippen LogP contribution in [0.1, 0.15) is 44.7 Å². The number of hydrogen-bond acceptors (Lipinski definition) is 4. The zero-order valence-corrected chi connectivity index (χ0v) is 17.4. The summed E-state index contributed by atoms with van der Waals surface area (Å²) in [5.74, 6) is -2.14. The van der Waals surface area contributed by atoms with E-state index < -0.39 is 23.8 Å². The van der Waals surface area contributed by atoms with Crippen molar-refractivity contribution >= 4 is 17.7 Å². The summed E-state index contributed by atoms with van der Waals surface area (Å²) in [6.45, 7) is 5.96. The first-order valence-electron chi connectivity index (χ1n) is 9.86. The number of amides is 1. The van der Waals surface area contributed by atoms with Gasteiger partial charge in [0.2, 0.25) is 11.7 Å². The third-order valence-corrected chi connectivity index (χ3v) is 4.24. The third-order valence-electron chi connectivity index (χ3n) is 4.24. The van der Waals surface area contributed by atoms with E-state index in [1.165, 1.54) is 5.56 Å². The lowest BCUT2D eigenvalue weighted by Crippen LogP contribution is -2.36. The van der Waals surface area contributed by atoms with Crippen molar-refractivity contribution in [3.8, 4) is 0 Å². The number of rotatable bonds is 9. The Morgan fingerprint density at radius 3 is 1.97 bits per heavy atom. The molecule has 29 heavy (non-hydrogen) atoms. The molecule has 0 unspecified atom stereocenters. The standard InChI is InChI=1S/C24H29NO4/c1-24(2,3)29-23(28)21(26)17-22(27)25(18-20-13-8-5-9-14-20)16-10-15-19-11-6-4-7-12-19/h4-9,11-14H,10,15-18H2,1-3H3. The molecule has 0 N–H and O–H groups in total. The van der Waals surface area contributed by atoms with E-state index in [0.717, 1.165) is 18.4 Å². The second-order valence-corrected chi connectivity index (χ2v) is 7.99. The fourth-order valence-corrected chi connectivity index (χ4v) is 2.87. The number of ketones is 1. The molecule has 0 aliphatic rings. The summed E-state index contributed by atoms with van der Waals surface area (Å²) in [7, 11) is 0. The molecule has 0 aliphatic carbocycles. The molecule has 0 saturated carbocycles. The third kappa shape index (κ3) is 8.30. The number of carbonyl (C=O) groups is 3. The maximum absolute atomic E-state index is 12.8. The van der Waals surface area contributed by atoms with E-state index in [-0.39, 0.29) is 5.91 Å². The molecule has 2 aromatic carbocycles. The zero-order valence-electron chi connectivity index (χ0n) is 17.4. The lowest BCUT2D eigenvalue weighted by molar-refractivity contribution is -0.163. The molecule has 0 bridgehead atoms. The van der Waals surface area contributed by atoms with Crippen LogP contribution in [-0.4, -0.2) is 34.7 Å². The Labute approximate surface area is 172 Å². The van der Waals surface area contributed by atoms with E-state index in [0.29, 0.717) is 13.1 Å². The normalized spacial score (nSPS) is 11.0. The molecule has 0 spiro atoms. The Morgan fingerprint density at radius 2 is 1.41 bits per heavy atom. The first kappa shape index (κ1) is 22.3. The van der Waals surface area contributed by atoms with E-state index in [1.54, 1.807) is 25.7 Å². The van der Waals surface area contributed by atoms with Gasteiger partial charge in [0.25, 0.3) is 0 Å². The number of nitrogens with zero attached hydrogens (tertiary/aromatic N) is 1. The van der Waals surface area contributed by atoms with E-state index in [1.807, 2.05) is 48.5 Å². The summed E-state index contributed by atoms with van der Waals surface area (Å²) in [6.07, 6.45) is 1.12. The van der Waals surface area contributed by atoms with Gasteiger partial charge in [0.05, 0.1) is 6.42 Å². The van der Waals surface area contributed by atoms with Gasteiger partial charge in [0.1, 0.15) is 5.60 Å². The maximum atomic E-state index is 12.8. The molecule has 0 saturated heterocycles. The van der Waals surface area contributed by atoms with Crippen LogP contribution in [0, 0.1) is 0 Å². The fraction of sp³-hybridized carbons (Fsp3) is 0.375.